The summed E-state index contributed by atoms with van der Waals surface area (Å²) in [5, 5.41) is 3.16. The minimum atomic E-state index is -0.334. The molecule has 2 heterocycles. The lowest BCUT2D eigenvalue weighted by atomic mass is 10.1. The van der Waals surface area contributed by atoms with Gasteiger partial charge in [-0.15, -0.1) is 0 Å². The van der Waals surface area contributed by atoms with Crippen molar-refractivity contribution in [2.24, 2.45) is 7.05 Å². The van der Waals surface area contributed by atoms with E-state index in [2.05, 4.69) is 35.1 Å². The van der Waals surface area contributed by atoms with Gasteiger partial charge in [-0.05, 0) is 31.1 Å². The second kappa shape index (κ2) is 8.39. The molecule has 0 spiro atoms. The van der Waals surface area contributed by atoms with Gasteiger partial charge < -0.3 is 14.3 Å². The summed E-state index contributed by atoms with van der Waals surface area (Å²) in [4.78, 5) is 31.7. The average Bonchev–Trinajstić information content (AvgIpc) is 3.04. The Morgan fingerprint density at radius 1 is 1.21 bits per heavy atom. The third-order valence-electron chi connectivity index (χ3n) is 5.02. The maximum absolute atomic E-state index is 12.9. The third kappa shape index (κ3) is 3.84. The Labute approximate surface area is 164 Å². The van der Waals surface area contributed by atoms with E-state index in [1.54, 1.807) is 14.0 Å². The summed E-state index contributed by atoms with van der Waals surface area (Å²) in [6.07, 6.45) is 1.39. The Morgan fingerprint density at radius 3 is 2.57 bits per heavy atom. The third-order valence-corrected chi connectivity index (χ3v) is 5.02. The van der Waals surface area contributed by atoms with Crippen molar-refractivity contribution in [1.82, 2.24) is 19.8 Å². The van der Waals surface area contributed by atoms with Gasteiger partial charge in [0, 0.05) is 20.1 Å². The topological polar surface area (TPSA) is 80.4 Å². The zero-order chi connectivity index (χ0) is 20.3. The smallest absolute Gasteiger partial charge is 0.265 e. The van der Waals surface area contributed by atoms with Gasteiger partial charge in [0.2, 0.25) is 5.71 Å². The van der Waals surface area contributed by atoms with Crippen molar-refractivity contribution in [2.45, 2.75) is 33.9 Å². The number of nitrogens with zero attached hydrogens (tertiary/aromatic N) is 3. The Kier molecular flexibility index (Phi) is 5.94. The number of hydrogen-bond donors (Lipinski definition) is 1. The fourth-order valence-corrected chi connectivity index (χ4v) is 3.30. The highest BCUT2D eigenvalue weighted by Gasteiger charge is 2.22. The second-order valence-electron chi connectivity index (χ2n) is 6.79. The molecule has 1 N–H and O–H groups in total. The molecule has 3 aromatic rings. The molecule has 0 radical (unpaired) electrons. The van der Waals surface area contributed by atoms with Crippen molar-refractivity contribution in [3.8, 4) is 0 Å². The largest absolute Gasteiger partial charge is 0.442 e. The van der Waals surface area contributed by atoms with Gasteiger partial charge in [-0.2, -0.15) is 0 Å². The first-order valence-corrected chi connectivity index (χ1v) is 9.48. The minimum Gasteiger partial charge on any atom is -0.442 e. The van der Waals surface area contributed by atoms with E-state index in [9.17, 15) is 9.59 Å². The number of fused-ring (bicyclic) bond motifs is 1. The quantitative estimate of drug-likeness (QED) is 0.679. The van der Waals surface area contributed by atoms with Crippen LogP contribution in [0.4, 0.5) is 0 Å². The highest BCUT2D eigenvalue weighted by Crippen LogP contribution is 2.21. The van der Waals surface area contributed by atoms with E-state index in [4.69, 9.17) is 4.42 Å². The number of amides is 1. The molecule has 7 nitrogen and oxygen atoms in total. The van der Waals surface area contributed by atoms with Gasteiger partial charge in [-0.3, -0.25) is 14.5 Å². The molecule has 148 valence electrons. The van der Waals surface area contributed by atoms with Crippen LogP contribution >= 0.6 is 0 Å². The summed E-state index contributed by atoms with van der Waals surface area (Å²) in [6, 6.07) is 8.07. The number of furan rings is 1. The highest BCUT2D eigenvalue weighted by atomic mass is 16.3. The lowest BCUT2D eigenvalue weighted by Gasteiger charge is -2.20. The van der Waals surface area contributed by atoms with Crippen LogP contribution in [-0.4, -0.2) is 33.4 Å². The van der Waals surface area contributed by atoms with E-state index in [1.165, 1.54) is 16.5 Å². The van der Waals surface area contributed by atoms with Crippen LogP contribution in [0, 0.1) is 6.92 Å². The molecule has 0 fully saturated rings. The number of aromatic nitrogens is 2. The van der Waals surface area contributed by atoms with Crippen molar-refractivity contribution >= 4 is 17.0 Å². The SMILES string of the molecule is CCN(CC)Cc1ccccc1CNC(=O)c1c(C)oc2ncn(C)c(=O)c12. The number of carbonyl (C=O) groups excluding carboxylic acids is 1. The Morgan fingerprint density at radius 2 is 1.89 bits per heavy atom. The fraction of sp³-hybridized carbons (Fsp3) is 0.381. The first-order chi connectivity index (χ1) is 13.5. The van der Waals surface area contributed by atoms with E-state index < -0.39 is 0 Å². The number of aryl methyl sites for hydroxylation is 2. The van der Waals surface area contributed by atoms with E-state index in [1.807, 2.05) is 18.2 Å². The van der Waals surface area contributed by atoms with E-state index in [0.29, 0.717) is 12.3 Å². The summed E-state index contributed by atoms with van der Waals surface area (Å²) >= 11 is 0. The van der Waals surface area contributed by atoms with Gasteiger partial charge in [0.05, 0.1) is 5.56 Å². The van der Waals surface area contributed by atoms with Gasteiger partial charge in [0.15, 0.2) is 0 Å². The van der Waals surface area contributed by atoms with Gasteiger partial charge >= 0.3 is 0 Å². The fourth-order valence-electron chi connectivity index (χ4n) is 3.30. The number of carbonyl (C=O) groups is 1. The van der Waals surface area contributed by atoms with Crippen LogP contribution in [0.15, 0.2) is 39.8 Å². The number of rotatable bonds is 7. The highest BCUT2D eigenvalue weighted by molar-refractivity contribution is 6.06. The lowest BCUT2D eigenvalue weighted by Crippen LogP contribution is -2.27. The maximum atomic E-state index is 12.9. The number of benzene rings is 1. The van der Waals surface area contributed by atoms with Crippen molar-refractivity contribution < 1.29 is 9.21 Å². The molecule has 28 heavy (non-hydrogen) atoms. The molecule has 2 aromatic heterocycles. The lowest BCUT2D eigenvalue weighted by molar-refractivity contribution is 0.0950. The van der Waals surface area contributed by atoms with Crippen LogP contribution < -0.4 is 10.9 Å². The molecule has 0 saturated heterocycles. The Bertz CT molecular complexity index is 1050. The van der Waals surface area contributed by atoms with Crippen LogP contribution in [0.2, 0.25) is 0 Å². The van der Waals surface area contributed by atoms with Gasteiger partial charge in [0.1, 0.15) is 17.5 Å². The summed E-state index contributed by atoms with van der Waals surface area (Å²) in [5.74, 6) is 0.0544. The second-order valence-corrected chi connectivity index (χ2v) is 6.79. The Hall–Kier alpha value is -2.93. The van der Waals surface area contributed by atoms with Crippen LogP contribution in [0.3, 0.4) is 0 Å². The first kappa shape index (κ1) is 19.8. The molecule has 0 saturated carbocycles. The normalized spacial score (nSPS) is 11.3. The summed E-state index contributed by atoms with van der Waals surface area (Å²) < 4.78 is 6.86. The molecule has 0 unspecified atom stereocenters. The summed E-state index contributed by atoms with van der Waals surface area (Å²) in [5.41, 5.74) is 2.38. The van der Waals surface area contributed by atoms with Gasteiger partial charge in [-0.25, -0.2) is 4.98 Å². The predicted molar refractivity (Wildman–Crippen MR) is 108 cm³/mol. The molecule has 1 aromatic carbocycles. The zero-order valence-corrected chi connectivity index (χ0v) is 16.8. The monoisotopic (exact) mass is 382 g/mol. The van der Waals surface area contributed by atoms with Crippen LogP contribution in [0.5, 0.6) is 0 Å². The van der Waals surface area contributed by atoms with Gasteiger partial charge in [0.25, 0.3) is 11.5 Å². The van der Waals surface area contributed by atoms with Crippen LogP contribution in [-0.2, 0) is 20.1 Å². The van der Waals surface area contributed by atoms with Crippen molar-refractivity contribution in [1.29, 1.82) is 0 Å². The molecule has 0 bridgehead atoms. The van der Waals surface area contributed by atoms with E-state index in [-0.39, 0.29) is 28.1 Å². The molecule has 0 aliphatic carbocycles. The van der Waals surface area contributed by atoms with Crippen molar-refractivity contribution in [3.05, 3.63) is 63.4 Å². The molecule has 0 aliphatic rings. The Balaban J connectivity index is 1.85. The molecule has 0 aliphatic heterocycles. The summed E-state index contributed by atoms with van der Waals surface area (Å²) in [6.45, 7) is 9.08. The van der Waals surface area contributed by atoms with Crippen molar-refractivity contribution in [3.63, 3.8) is 0 Å². The van der Waals surface area contributed by atoms with Crippen LogP contribution in [0.25, 0.3) is 11.1 Å². The first-order valence-electron chi connectivity index (χ1n) is 9.48. The van der Waals surface area contributed by atoms with Gasteiger partial charge in [-0.1, -0.05) is 38.1 Å². The minimum absolute atomic E-state index is 0.188. The molecular formula is C21H26N4O3. The zero-order valence-electron chi connectivity index (χ0n) is 16.8. The molecule has 0 atom stereocenters. The molecule has 1 amide bonds. The van der Waals surface area contributed by atoms with Crippen LogP contribution in [0.1, 0.15) is 41.1 Å². The summed E-state index contributed by atoms with van der Waals surface area (Å²) in [7, 11) is 1.60. The number of hydrogen-bond acceptors (Lipinski definition) is 5. The predicted octanol–water partition coefficient (Wildman–Crippen LogP) is 2.61. The maximum Gasteiger partial charge on any atom is 0.265 e. The molecule has 3 rings (SSSR count). The molecular weight excluding hydrogens is 356 g/mol. The molecule has 7 heteroatoms. The standard InChI is InChI=1S/C21H26N4O3/c1-5-25(6-2)12-16-10-8-7-9-15(16)11-22-19(26)17-14(3)28-20-18(17)21(27)24(4)13-23-20/h7-10,13H,5-6,11-12H2,1-4H3,(H,22,26). The van der Waals surface area contributed by atoms with E-state index >= 15 is 0 Å². The van der Waals surface area contributed by atoms with E-state index in [0.717, 1.165) is 25.2 Å². The van der Waals surface area contributed by atoms with Crippen molar-refractivity contribution in [2.75, 3.05) is 13.1 Å². The average molecular weight is 382 g/mol. The number of nitrogens with one attached hydrogen (secondary N) is 1.